The zero-order valence-corrected chi connectivity index (χ0v) is 55.3. The molecule has 0 nitrogen and oxygen atoms in total. The van der Waals surface area contributed by atoms with Crippen molar-refractivity contribution in [2.24, 2.45) is 0 Å². The van der Waals surface area contributed by atoms with Gasteiger partial charge in [-0.05, 0) is 0 Å². The molecule has 0 aromatic rings. The van der Waals surface area contributed by atoms with Gasteiger partial charge in [-0.25, -0.2) is 0 Å². The van der Waals surface area contributed by atoms with Crippen LogP contribution in [0, 0.1) is 0 Å². The van der Waals surface area contributed by atoms with Gasteiger partial charge in [0.25, 0.3) is 0 Å². The maximum atomic E-state index is 0. The molecule has 0 aromatic heterocycles. The average Bonchev–Trinajstić information content (AvgIpc) is 0. The van der Waals surface area contributed by atoms with Crippen molar-refractivity contribution < 1.29 is 557 Å². The van der Waals surface area contributed by atoms with Crippen molar-refractivity contribution in [2.45, 2.75) is 0 Å². The van der Waals surface area contributed by atoms with Crippen LogP contribution in [0.1, 0.15) is 0 Å². The second kappa shape index (κ2) is 314. The first-order chi connectivity index (χ1) is 0. The molecule has 0 aliphatic carbocycles. The van der Waals surface area contributed by atoms with Crippen LogP contribution in [-0.4, -0.2) is 0 Å². The first-order valence-corrected chi connectivity index (χ1v) is 0. The van der Waals surface area contributed by atoms with Gasteiger partial charge in [0.1, 0.15) is 0 Å². The molecule has 0 amide bonds. The van der Waals surface area contributed by atoms with Crippen LogP contribution in [0.3, 0.4) is 0 Å². The van der Waals surface area contributed by atoms with Crippen LogP contribution >= 0.6 is 0 Å². The minimum atomic E-state index is 0. The Balaban J connectivity index is 0. The van der Waals surface area contributed by atoms with Crippen molar-refractivity contribution in [1.82, 2.24) is 0 Å². The van der Waals surface area contributed by atoms with E-state index in [4.69, 9.17) is 0 Å². The molecule has 0 aromatic carbocycles. The van der Waals surface area contributed by atoms with Crippen LogP contribution in [-0.2, 0) is 557 Å². The molecule has 150 valence electrons. The van der Waals surface area contributed by atoms with Gasteiger partial charge in [-0.2, -0.15) is 0 Å². The van der Waals surface area contributed by atoms with Crippen LogP contribution < -0.4 is 0 Å². The zero-order chi connectivity index (χ0) is 0. The second-order valence-corrected chi connectivity index (χ2v) is 0. The van der Waals surface area contributed by atoms with Gasteiger partial charge in [0.05, 0.1) is 0 Å². The molecule has 0 N–H and O–H groups in total. The predicted octanol–water partition coefficient (Wildman–Crippen LogP) is -0.0750. The molecule has 30 heteroatoms. The van der Waals surface area contributed by atoms with E-state index in [0.29, 0.717) is 0 Å². The molecule has 0 bridgehead atoms. The van der Waals surface area contributed by atoms with Crippen molar-refractivity contribution in [2.75, 3.05) is 0 Å². The van der Waals surface area contributed by atoms with Gasteiger partial charge >= 0.3 is 0 Å². The molecular weight excluding hydrogens is 1530 g/mol. The van der Waals surface area contributed by atoms with Gasteiger partial charge in [-0.15, -0.1) is 0 Å². The zero-order valence-electron chi connectivity index (χ0n) is 13.4. The molecule has 0 spiro atoms. The van der Waals surface area contributed by atoms with Crippen LogP contribution in [0.4, 0.5) is 0 Å². The molecule has 30 radical (unpaired) electrons. The summed E-state index contributed by atoms with van der Waals surface area (Å²) in [6.45, 7) is 0. The van der Waals surface area contributed by atoms with E-state index in [1.165, 1.54) is 0 Å². The summed E-state index contributed by atoms with van der Waals surface area (Å²) in [6.07, 6.45) is 0. The summed E-state index contributed by atoms with van der Waals surface area (Å²) in [5.74, 6) is 0. The summed E-state index contributed by atoms with van der Waals surface area (Å²) in [4.78, 5) is 0. The molecule has 0 saturated carbocycles. The van der Waals surface area contributed by atoms with Gasteiger partial charge in [0.2, 0.25) is 0 Å². The molecule has 0 heterocycles. The van der Waals surface area contributed by atoms with Crippen molar-refractivity contribution in [3.63, 3.8) is 0 Å². The molecular formula is V30. The van der Waals surface area contributed by atoms with Crippen LogP contribution in [0.25, 0.3) is 0 Å². The second-order valence-electron chi connectivity index (χ2n) is 0. The first-order valence-electron chi connectivity index (χ1n) is 0. The minimum Gasteiger partial charge on any atom is 0 e. The van der Waals surface area contributed by atoms with E-state index < -0.39 is 0 Å². The molecule has 0 saturated heterocycles. The maximum Gasteiger partial charge on any atom is 0 e. The third-order valence-corrected chi connectivity index (χ3v) is 0. The van der Waals surface area contributed by atoms with Crippen LogP contribution in [0.15, 0.2) is 0 Å². The summed E-state index contributed by atoms with van der Waals surface area (Å²) in [5, 5.41) is 0. The summed E-state index contributed by atoms with van der Waals surface area (Å²) in [6, 6.07) is 0. The van der Waals surface area contributed by atoms with Crippen molar-refractivity contribution >= 4 is 0 Å². The summed E-state index contributed by atoms with van der Waals surface area (Å²) >= 11 is 0. The predicted molar refractivity (Wildman–Crippen MR) is 0 cm³/mol. The Bertz CT molecular complexity index is 0. The fourth-order valence-electron chi connectivity index (χ4n) is 0. The van der Waals surface area contributed by atoms with Crippen LogP contribution in [0.2, 0.25) is 0 Å². The molecule has 0 aliphatic heterocycles. The summed E-state index contributed by atoms with van der Waals surface area (Å²) in [5.41, 5.74) is 0. The van der Waals surface area contributed by atoms with Gasteiger partial charge < -0.3 is 0 Å². The molecule has 0 unspecified atom stereocenters. The van der Waals surface area contributed by atoms with E-state index in [1.54, 1.807) is 0 Å². The van der Waals surface area contributed by atoms with Crippen LogP contribution in [0.5, 0.6) is 0 Å². The van der Waals surface area contributed by atoms with Gasteiger partial charge in [-0.3, -0.25) is 0 Å². The molecule has 0 atom stereocenters. The Morgan fingerprint density at radius 3 is 0.0333 bits per heavy atom. The van der Waals surface area contributed by atoms with E-state index >= 15 is 0 Å². The molecule has 0 rings (SSSR count). The smallest absolute Gasteiger partial charge is 0 e. The molecule has 0 aliphatic rings. The summed E-state index contributed by atoms with van der Waals surface area (Å²) < 4.78 is 0. The molecule has 0 fully saturated rings. The Labute approximate surface area is 542 Å². The largest absolute Gasteiger partial charge is 0 e. The number of rotatable bonds is 0. The third-order valence-electron chi connectivity index (χ3n) is 0. The number of hydrogen-bond acceptors (Lipinski definition) is 0. The van der Waals surface area contributed by atoms with Crippen molar-refractivity contribution in [3.8, 4) is 0 Å². The van der Waals surface area contributed by atoms with Crippen molar-refractivity contribution in [1.29, 1.82) is 0 Å². The van der Waals surface area contributed by atoms with E-state index in [2.05, 4.69) is 0 Å². The standard InChI is InChI=1S/30V. The maximum absolute atomic E-state index is 0. The SMILES string of the molecule is [V].[V].[V].[V].[V].[V].[V].[V].[V].[V].[V].[V].[V].[V].[V].[V].[V].[V].[V].[V].[V].[V].[V].[V].[V].[V].[V].[V].[V].[V]. The van der Waals surface area contributed by atoms with Gasteiger partial charge in [0, 0.05) is 557 Å². The quantitative estimate of drug-likeness (QED) is 0.319. The first kappa shape index (κ1) is 335. The summed E-state index contributed by atoms with van der Waals surface area (Å²) in [7, 11) is 0. The van der Waals surface area contributed by atoms with E-state index in [0.717, 1.165) is 0 Å². The Morgan fingerprint density at radius 2 is 0.0333 bits per heavy atom. The normalized spacial score (nSPS) is 0. The Hall–Kier alpha value is 17.5. The Morgan fingerprint density at radius 1 is 0.0333 bits per heavy atom. The topological polar surface area (TPSA) is 0 Å². The average molecular weight is 1530 g/mol. The molecule has 30 heavy (non-hydrogen) atoms. The monoisotopic (exact) mass is 1530 g/mol. The van der Waals surface area contributed by atoms with E-state index in [9.17, 15) is 0 Å². The van der Waals surface area contributed by atoms with E-state index in [-0.39, 0.29) is 557 Å². The Kier molecular flexibility index (Phi) is 3500. The van der Waals surface area contributed by atoms with Gasteiger partial charge in [0.15, 0.2) is 0 Å². The van der Waals surface area contributed by atoms with Gasteiger partial charge in [-0.1, -0.05) is 0 Å². The third kappa shape index (κ3) is 294. The fraction of sp³-hybridized carbons (Fsp3) is 0. The van der Waals surface area contributed by atoms with Crippen molar-refractivity contribution in [3.05, 3.63) is 0 Å². The van der Waals surface area contributed by atoms with E-state index in [1.807, 2.05) is 0 Å². The number of hydrogen-bond donors (Lipinski definition) is 0. The fourth-order valence-corrected chi connectivity index (χ4v) is 0. The minimum absolute atomic E-state index is 0.